The summed E-state index contributed by atoms with van der Waals surface area (Å²) < 4.78 is 0. The Bertz CT molecular complexity index is 459. The van der Waals surface area contributed by atoms with Crippen LogP contribution in [0.1, 0.15) is 22.8 Å². The van der Waals surface area contributed by atoms with Gasteiger partial charge in [-0.05, 0) is 28.1 Å². The van der Waals surface area contributed by atoms with Gasteiger partial charge in [0.25, 0.3) is 0 Å². The molecule has 2 aromatic carbocycles. The van der Waals surface area contributed by atoms with Crippen molar-refractivity contribution in [2.24, 2.45) is 0 Å². The van der Waals surface area contributed by atoms with Crippen molar-refractivity contribution in [3.63, 3.8) is 0 Å². The summed E-state index contributed by atoms with van der Waals surface area (Å²) in [6.45, 7) is 5.25. The van der Waals surface area contributed by atoms with E-state index in [9.17, 15) is 4.79 Å². The molecule has 21 heavy (non-hydrogen) atoms. The van der Waals surface area contributed by atoms with Gasteiger partial charge in [0.15, 0.2) is 5.78 Å². The van der Waals surface area contributed by atoms with Gasteiger partial charge >= 0.3 is 0 Å². The molecular formula is C19H25NO. The Labute approximate surface area is 128 Å². The van der Waals surface area contributed by atoms with Crippen LogP contribution in [0.2, 0.25) is 0 Å². The number of hydrogen-bond donors (Lipinski definition) is 0. The van der Waals surface area contributed by atoms with E-state index >= 15 is 0 Å². The molecule has 0 atom stereocenters. The second-order valence-electron chi connectivity index (χ2n) is 4.81. The maximum absolute atomic E-state index is 11.8. The van der Waals surface area contributed by atoms with E-state index in [2.05, 4.69) is 6.58 Å². The summed E-state index contributed by atoms with van der Waals surface area (Å²) in [5.41, 5.74) is 1.47. The zero-order chi connectivity index (χ0) is 16.1. The van der Waals surface area contributed by atoms with Crippen LogP contribution < -0.4 is 0 Å². The number of rotatable bonds is 2. The maximum Gasteiger partial charge on any atom is 0.193 e. The van der Waals surface area contributed by atoms with Crippen LogP contribution in [0.15, 0.2) is 73.3 Å². The van der Waals surface area contributed by atoms with Gasteiger partial charge in [0, 0.05) is 11.1 Å². The lowest BCUT2D eigenvalue weighted by atomic mass is 10.0. The number of hydrogen-bond acceptors (Lipinski definition) is 2. The van der Waals surface area contributed by atoms with Crippen molar-refractivity contribution in [3.8, 4) is 0 Å². The zero-order valence-corrected chi connectivity index (χ0v) is 13.4. The minimum atomic E-state index is 0.0752. The first-order valence-corrected chi connectivity index (χ1v) is 6.85. The summed E-state index contributed by atoms with van der Waals surface area (Å²) in [6.07, 6.45) is 1.75. The van der Waals surface area contributed by atoms with E-state index in [0.717, 1.165) is 11.1 Å². The molecule has 0 spiro atoms. The standard InChI is InChI=1S/C13H10O.C3H9N.C3H6/c14-13(11-7-3-1-4-8-11)12-9-5-2-6-10-12;1-4(2)3;1-3-2/h1-10H;1-3H3;3H,1H2,2H3. The van der Waals surface area contributed by atoms with E-state index in [1.165, 1.54) is 0 Å². The van der Waals surface area contributed by atoms with Crippen LogP contribution in [0, 0.1) is 0 Å². The fraction of sp³-hybridized carbons (Fsp3) is 0.211. The average Bonchev–Trinajstić information content (AvgIpc) is 2.48. The quantitative estimate of drug-likeness (QED) is 0.605. The largest absolute Gasteiger partial charge is 0.312 e. The molecule has 0 aliphatic rings. The highest BCUT2D eigenvalue weighted by atomic mass is 16.1. The lowest BCUT2D eigenvalue weighted by Gasteiger charge is -1.99. The second-order valence-corrected chi connectivity index (χ2v) is 4.81. The Morgan fingerprint density at radius 3 is 1.33 bits per heavy atom. The molecule has 0 bridgehead atoms. The second kappa shape index (κ2) is 11.6. The van der Waals surface area contributed by atoms with Crippen molar-refractivity contribution in [3.05, 3.63) is 84.4 Å². The minimum Gasteiger partial charge on any atom is -0.312 e. The molecule has 2 aromatic rings. The van der Waals surface area contributed by atoms with Crippen molar-refractivity contribution in [1.29, 1.82) is 0 Å². The smallest absolute Gasteiger partial charge is 0.193 e. The fourth-order valence-electron chi connectivity index (χ4n) is 1.35. The molecule has 0 saturated heterocycles. The molecule has 0 radical (unpaired) electrons. The van der Waals surface area contributed by atoms with Crippen LogP contribution in [0.3, 0.4) is 0 Å². The average molecular weight is 283 g/mol. The van der Waals surface area contributed by atoms with Crippen molar-refractivity contribution in [1.82, 2.24) is 4.90 Å². The Kier molecular flexibility index (Phi) is 10.4. The van der Waals surface area contributed by atoms with Gasteiger partial charge in [-0.1, -0.05) is 66.7 Å². The molecule has 0 unspecified atom stereocenters. The molecular weight excluding hydrogens is 258 g/mol. The molecule has 0 aromatic heterocycles. The van der Waals surface area contributed by atoms with Crippen LogP contribution in [-0.2, 0) is 0 Å². The Morgan fingerprint density at radius 2 is 1.10 bits per heavy atom. The first kappa shape index (κ1) is 18.8. The zero-order valence-electron chi connectivity index (χ0n) is 13.4. The third kappa shape index (κ3) is 9.36. The molecule has 0 N–H and O–H groups in total. The molecule has 0 fully saturated rings. The number of nitrogens with zero attached hydrogens (tertiary/aromatic N) is 1. The monoisotopic (exact) mass is 283 g/mol. The predicted octanol–water partition coefficient (Wildman–Crippen LogP) is 4.29. The van der Waals surface area contributed by atoms with Crippen molar-refractivity contribution in [2.45, 2.75) is 6.92 Å². The number of carbonyl (C=O) groups is 1. The summed E-state index contributed by atoms with van der Waals surface area (Å²) in [5, 5.41) is 0. The molecule has 0 saturated carbocycles. The normalized spacial score (nSPS) is 8.81. The van der Waals surface area contributed by atoms with Crippen molar-refractivity contribution >= 4 is 5.78 Å². The first-order valence-electron chi connectivity index (χ1n) is 6.85. The minimum absolute atomic E-state index is 0.0752. The summed E-state index contributed by atoms with van der Waals surface area (Å²) in [6, 6.07) is 18.6. The molecule has 2 heteroatoms. The Balaban J connectivity index is 0.000000486. The summed E-state index contributed by atoms with van der Waals surface area (Å²) in [5.74, 6) is 0.0752. The lowest BCUT2D eigenvalue weighted by Crippen LogP contribution is -1.99. The van der Waals surface area contributed by atoms with Crippen LogP contribution in [0.5, 0.6) is 0 Å². The van der Waals surface area contributed by atoms with Gasteiger partial charge < -0.3 is 4.90 Å². The molecule has 0 aliphatic heterocycles. The van der Waals surface area contributed by atoms with Crippen LogP contribution >= 0.6 is 0 Å². The molecule has 112 valence electrons. The van der Waals surface area contributed by atoms with E-state index in [1.54, 1.807) is 6.08 Å². The van der Waals surface area contributed by atoms with Gasteiger partial charge in [0.1, 0.15) is 0 Å². The van der Waals surface area contributed by atoms with E-state index in [0.29, 0.717) is 0 Å². The first-order chi connectivity index (χ1) is 10.0. The van der Waals surface area contributed by atoms with E-state index < -0.39 is 0 Å². The molecule has 2 rings (SSSR count). The summed E-state index contributed by atoms with van der Waals surface area (Å²) in [4.78, 5) is 13.8. The molecule has 0 aliphatic carbocycles. The Morgan fingerprint density at radius 1 is 0.857 bits per heavy atom. The van der Waals surface area contributed by atoms with Gasteiger partial charge in [0.2, 0.25) is 0 Å². The van der Waals surface area contributed by atoms with E-state index in [4.69, 9.17) is 0 Å². The molecule has 0 heterocycles. The van der Waals surface area contributed by atoms with Gasteiger partial charge in [0.05, 0.1) is 0 Å². The number of allylic oxidation sites excluding steroid dienone is 1. The third-order valence-corrected chi connectivity index (χ3v) is 2.07. The van der Waals surface area contributed by atoms with Crippen molar-refractivity contribution in [2.75, 3.05) is 21.1 Å². The van der Waals surface area contributed by atoms with Crippen LogP contribution in [-0.4, -0.2) is 31.8 Å². The van der Waals surface area contributed by atoms with Gasteiger partial charge in [-0.15, -0.1) is 6.58 Å². The SMILES string of the molecule is C=CC.CN(C)C.O=C(c1ccccc1)c1ccccc1. The topological polar surface area (TPSA) is 20.3 Å². The maximum atomic E-state index is 11.8. The van der Waals surface area contributed by atoms with Crippen molar-refractivity contribution < 1.29 is 4.79 Å². The predicted molar refractivity (Wildman–Crippen MR) is 91.8 cm³/mol. The number of carbonyl (C=O) groups excluding carboxylic acids is 1. The molecule has 0 amide bonds. The summed E-state index contributed by atoms with van der Waals surface area (Å²) >= 11 is 0. The molecule has 2 nitrogen and oxygen atoms in total. The lowest BCUT2D eigenvalue weighted by molar-refractivity contribution is 0.103. The van der Waals surface area contributed by atoms with Gasteiger partial charge in [-0.3, -0.25) is 4.79 Å². The highest BCUT2D eigenvalue weighted by molar-refractivity contribution is 6.08. The van der Waals surface area contributed by atoms with E-state index in [-0.39, 0.29) is 5.78 Å². The van der Waals surface area contributed by atoms with Crippen LogP contribution in [0.4, 0.5) is 0 Å². The third-order valence-electron chi connectivity index (χ3n) is 2.07. The number of ketones is 1. The highest BCUT2D eigenvalue weighted by Crippen LogP contribution is 2.08. The van der Waals surface area contributed by atoms with Gasteiger partial charge in [-0.25, -0.2) is 0 Å². The summed E-state index contributed by atoms with van der Waals surface area (Å²) in [7, 11) is 6.00. The fourth-order valence-corrected chi connectivity index (χ4v) is 1.35. The Hall–Kier alpha value is -2.19. The van der Waals surface area contributed by atoms with Crippen LogP contribution in [0.25, 0.3) is 0 Å². The highest BCUT2D eigenvalue weighted by Gasteiger charge is 2.06. The number of benzene rings is 2. The van der Waals surface area contributed by atoms with Gasteiger partial charge in [-0.2, -0.15) is 0 Å². The van der Waals surface area contributed by atoms with E-state index in [1.807, 2.05) is 93.6 Å².